The van der Waals surface area contributed by atoms with E-state index in [1.54, 1.807) is 0 Å². The van der Waals surface area contributed by atoms with E-state index in [9.17, 15) is 4.79 Å². The van der Waals surface area contributed by atoms with Crippen molar-refractivity contribution < 1.29 is 14.3 Å². The van der Waals surface area contributed by atoms with E-state index < -0.39 is 0 Å². The second-order valence-corrected chi connectivity index (χ2v) is 7.54. The SMILES string of the molecule is O=C(c1n[nH]c(Br)c1Br)N1CCN(Cc2ccc3c(c2)OCO3)CC1. The van der Waals surface area contributed by atoms with Gasteiger partial charge in [0.1, 0.15) is 4.60 Å². The van der Waals surface area contributed by atoms with Crippen molar-refractivity contribution in [3.63, 3.8) is 0 Å². The number of nitrogens with zero attached hydrogens (tertiary/aromatic N) is 3. The minimum absolute atomic E-state index is 0.0587. The molecule has 1 aromatic carbocycles. The van der Waals surface area contributed by atoms with Crippen molar-refractivity contribution >= 4 is 37.8 Å². The van der Waals surface area contributed by atoms with Crippen molar-refractivity contribution in [2.24, 2.45) is 0 Å². The maximum Gasteiger partial charge on any atom is 0.275 e. The maximum atomic E-state index is 12.6. The Labute approximate surface area is 161 Å². The van der Waals surface area contributed by atoms with Crippen LogP contribution in [0.1, 0.15) is 16.1 Å². The number of amides is 1. The van der Waals surface area contributed by atoms with Gasteiger partial charge in [0.25, 0.3) is 5.91 Å². The zero-order valence-electron chi connectivity index (χ0n) is 13.3. The van der Waals surface area contributed by atoms with Crippen molar-refractivity contribution in [1.29, 1.82) is 0 Å². The van der Waals surface area contributed by atoms with Gasteiger partial charge in [-0.3, -0.25) is 14.8 Å². The molecule has 7 nitrogen and oxygen atoms in total. The molecule has 0 bridgehead atoms. The smallest absolute Gasteiger partial charge is 0.275 e. The van der Waals surface area contributed by atoms with Crippen LogP contribution in [0.3, 0.4) is 0 Å². The highest BCUT2D eigenvalue weighted by atomic mass is 79.9. The summed E-state index contributed by atoms with van der Waals surface area (Å²) in [5, 5.41) is 6.82. The number of fused-ring (bicyclic) bond motifs is 1. The van der Waals surface area contributed by atoms with E-state index >= 15 is 0 Å². The van der Waals surface area contributed by atoms with Gasteiger partial charge in [-0.05, 0) is 49.6 Å². The summed E-state index contributed by atoms with van der Waals surface area (Å²) in [5.41, 5.74) is 1.60. The van der Waals surface area contributed by atoms with E-state index in [1.165, 1.54) is 5.56 Å². The third-order valence-electron chi connectivity index (χ3n) is 4.37. The summed E-state index contributed by atoms with van der Waals surface area (Å²) < 4.78 is 12.1. The molecule has 0 spiro atoms. The van der Waals surface area contributed by atoms with Crippen LogP contribution < -0.4 is 9.47 Å². The standard InChI is InChI=1S/C16H16Br2N4O3/c17-13-14(19-20-15(13)18)16(23)22-5-3-21(4-6-22)8-10-1-2-11-12(7-10)25-9-24-11/h1-2,7H,3-6,8-9H2,(H,19,20). The van der Waals surface area contributed by atoms with E-state index in [0.717, 1.165) is 31.1 Å². The number of benzene rings is 1. The van der Waals surface area contributed by atoms with Gasteiger partial charge in [0.2, 0.25) is 6.79 Å². The second-order valence-electron chi connectivity index (χ2n) is 5.96. The van der Waals surface area contributed by atoms with Gasteiger partial charge in [0.05, 0.1) is 4.47 Å². The average Bonchev–Trinajstić information content (AvgIpc) is 3.22. The third kappa shape index (κ3) is 3.40. The maximum absolute atomic E-state index is 12.6. The molecule has 1 aromatic heterocycles. The quantitative estimate of drug-likeness (QED) is 0.745. The van der Waals surface area contributed by atoms with Gasteiger partial charge >= 0.3 is 0 Å². The fraction of sp³-hybridized carbons (Fsp3) is 0.375. The highest BCUT2D eigenvalue weighted by Crippen LogP contribution is 2.33. The molecule has 25 heavy (non-hydrogen) atoms. The molecule has 2 aliphatic rings. The number of nitrogens with one attached hydrogen (secondary N) is 1. The first-order valence-corrected chi connectivity index (χ1v) is 9.50. The van der Waals surface area contributed by atoms with Crippen LogP contribution in [0.4, 0.5) is 0 Å². The van der Waals surface area contributed by atoms with Crippen molar-refractivity contribution in [1.82, 2.24) is 20.0 Å². The Morgan fingerprint density at radius 1 is 1.16 bits per heavy atom. The number of carbonyl (C=O) groups excluding carboxylic acids is 1. The Bertz CT molecular complexity index is 803. The number of hydrogen-bond donors (Lipinski definition) is 1. The third-order valence-corrected chi connectivity index (χ3v) is 6.25. The Balaban J connectivity index is 1.35. The van der Waals surface area contributed by atoms with Crippen LogP contribution in [0.25, 0.3) is 0 Å². The molecule has 0 saturated carbocycles. The van der Waals surface area contributed by atoms with E-state index in [-0.39, 0.29) is 5.91 Å². The number of aromatic amines is 1. The Kier molecular flexibility index (Phi) is 4.70. The van der Waals surface area contributed by atoms with Gasteiger partial charge in [0, 0.05) is 32.7 Å². The van der Waals surface area contributed by atoms with Crippen molar-refractivity contribution in [3.8, 4) is 11.5 Å². The van der Waals surface area contributed by atoms with Gasteiger partial charge < -0.3 is 14.4 Å². The first kappa shape index (κ1) is 16.9. The minimum Gasteiger partial charge on any atom is -0.454 e. The van der Waals surface area contributed by atoms with Crippen LogP contribution in [0.15, 0.2) is 27.3 Å². The fourth-order valence-electron chi connectivity index (χ4n) is 3.01. The molecule has 9 heteroatoms. The lowest BCUT2D eigenvalue weighted by Crippen LogP contribution is -2.48. The lowest BCUT2D eigenvalue weighted by molar-refractivity contribution is 0.0622. The Morgan fingerprint density at radius 3 is 2.64 bits per heavy atom. The molecule has 2 aliphatic heterocycles. The number of ether oxygens (including phenoxy) is 2. The van der Waals surface area contributed by atoms with Crippen LogP contribution in [-0.4, -0.2) is 58.9 Å². The molecule has 1 N–H and O–H groups in total. The van der Waals surface area contributed by atoms with E-state index in [2.05, 4.69) is 53.0 Å². The van der Waals surface area contributed by atoms with Gasteiger partial charge in [-0.15, -0.1) is 0 Å². The molecule has 2 aromatic rings. The fourth-order valence-corrected chi connectivity index (χ4v) is 3.63. The van der Waals surface area contributed by atoms with Crippen molar-refractivity contribution in [2.75, 3.05) is 33.0 Å². The normalized spacial score (nSPS) is 17.1. The lowest BCUT2D eigenvalue weighted by atomic mass is 10.1. The monoisotopic (exact) mass is 470 g/mol. The summed E-state index contributed by atoms with van der Waals surface area (Å²) in [6, 6.07) is 6.03. The molecule has 132 valence electrons. The predicted octanol–water partition coefficient (Wildman–Crippen LogP) is 2.62. The Hall–Kier alpha value is -1.58. The van der Waals surface area contributed by atoms with E-state index in [1.807, 2.05) is 17.0 Å². The molecule has 1 fully saturated rings. The number of hydrogen-bond acceptors (Lipinski definition) is 5. The van der Waals surface area contributed by atoms with E-state index in [0.29, 0.717) is 34.7 Å². The molecular formula is C16H16Br2N4O3. The molecule has 0 radical (unpaired) electrons. The van der Waals surface area contributed by atoms with Gasteiger partial charge in [-0.2, -0.15) is 5.10 Å². The summed E-state index contributed by atoms with van der Waals surface area (Å²) in [7, 11) is 0. The molecule has 1 saturated heterocycles. The van der Waals surface area contributed by atoms with Gasteiger partial charge in [-0.25, -0.2) is 0 Å². The van der Waals surface area contributed by atoms with Crippen LogP contribution >= 0.6 is 31.9 Å². The summed E-state index contributed by atoms with van der Waals surface area (Å²) in [4.78, 5) is 16.7. The average molecular weight is 472 g/mol. The van der Waals surface area contributed by atoms with Crippen LogP contribution in [-0.2, 0) is 6.54 Å². The number of H-pyrrole nitrogens is 1. The van der Waals surface area contributed by atoms with E-state index in [4.69, 9.17) is 9.47 Å². The second kappa shape index (κ2) is 6.97. The molecule has 0 unspecified atom stereocenters. The molecular weight excluding hydrogens is 456 g/mol. The zero-order chi connectivity index (χ0) is 17.4. The first-order chi connectivity index (χ1) is 12.1. The lowest BCUT2D eigenvalue weighted by Gasteiger charge is -2.34. The van der Waals surface area contributed by atoms with Gasteiger partial charge in [0.15, 0.2) is 17.2 Å². The summed E-state index contributed by atoms with van der Waals surface area (Å²) in [6.07, 6.45) is 0. The molecule has 3 heterocycles. The number of piperazine rings is 1. The Morgan fingerprint density at radius 2 is 1.92 bits per heavy atom. The summed E-state index contributed by atoms with van der Waals surface area (Å²) in [5.74, 6) is 1.55. The highest BCUT2D eigenvalue weighted by Gasteiger charge is 2.26. The van der Waals surface area contributed by atoms with Crippen molar-refractivity contribution in [3.05, 3.63) is 38.5 Å². The highest BCUT2D eigenvalue weighted by molar-refractivity contribution is 9.13. The topological polar surface area (TPSA) is 70.7 Å². The van der Waals surface area contributed by atoms with Crippen molar-refractivity contribution in [2.45, 2.75) is 6.54 Å². The molecule has 0 aliphatic carbocycles. The predicted molar refractivity (Wildman–Crippen MR) is 97.7 cm³/mol. The van der Waals surface area contributed by atoms with Crippen LogP contribution in [0, 0.1) is 0 Å². The number of rotatable bonds is 3. The number of aromatic nitrogens is 2. The van der Waals surface area contributed by atoms with Crippen LogP contribution in [0.5, 0.6) is 11.5 Å². The minimum atomic E-state index is -0.0587. The molecule has 1 amide bonds. The molecule has 4 rings (SSSR count). The summed E-state index contributed by atoms with van der Waals surface area (Å²) in [6.45, 7) is 4.13. The molecule has 0 atom stereocenters. The largest absolute Gasteiger partial charge is 0.454 e. The number of carbonyl (C=O) groups is 1. The van der Waals surface area contributed by atoms with Gasteiger partial charge in [-0.1, -0.05) is 6.07 Å². The number of halogens is 2. The zero-order valence-corrected chi connectivity index (χ0v) is 16.5. The van der Waals surface area contributed by atoms with Crippen LogP contribution in [0.2, 0.25) is 0 Å². The first-order valence-electron chi connectivity index (χ1n) is 7.91. The summed E-state index contributed by atoms with van der Waals surface area (Å²) >= 11 is 6.69.